The number of nitrogens with one attached hydrogen (secondary N) is 1. The van der Waals surface area contributed by atoms with Gasteiger partial charge in [0.05, 0.1) is 0 Å². The molecule has 2 heterocycles. The number of nitrogens with zero attached hydrogens (tertiary/aromatic N) is 2. The van der Waals surface area contributed by atoms with Crippen LogP contribution in [-0.2, 0) is 6.54 Å². The molecule has 1 aromatic heterocycles. The largest absolute Gasteiger partial charge is 0.326 e. The average molecular weight is 333 g/mol. The summed E-state index contributed by atoms with van der Waals surface area (Å²) in [5.74, 6) is 1.40. The van der Waals surface area contributed by atoms with Crippen LogP contribution in [0.1, 0.15) is 18.5 Å². The van der Waals surface area contributed by atoms with Crippen molar-refractivity contribution in [1.29, 1.82) is 0 Å². The van der Waals surface area contributed by atoms with E-state index in [0.717, 1.165) is 36.6 Å². The Morgan fingerprint density at radius 3 is 2.83 bits per heavy atom. The SMILES string of the molecule is O=c1[nH]ccnc1CN1CCC(CSc2ccccc2F)CC1. The lowest BCUT2D eigenvalue weighted by Gasteiger charge is -2.31. The summed E-state index contributed by atoms with van der Waals surface area (Å²) in [5, 5.41) is 0. The highest BCUT2D eigenvalue weighted by Crippen LogP contribution is 2.28. The van der Waals surface area contributed by atoms with E-state index in [-0.39, 0.29) is 11.4 Å². The van der Waals surface area contributed by atoms with Crippen LogP contribution >= 0.6 is 11.8 Å². The summed E-state index contributed by atoms with van der Waals surface area (Å²) in [6, 6.07) is 6.94. The third-order valence-electron chi connectivity index (χ3n) is 4.17. The number of likely N-dealkylation sites (tertiary alicyclic amines) is 1. The van der Waals surface area contributed by atoms with Crippen molar-refractivity contribution in [3.63, 3.8) is 0 Å². The maximum atomic E-state index is 13.6. The minimum atomic E-state index is -0.135. The van der Waals surface area contributed by atoms with E-state index in [2.05, 4.69) is 14.9 Å². The molecule has 122 valence electrons. The first kappa shape index (κ1) is 16.2. The average Bonchev–Trinajstić information content (AvgIpc) is 2.57. The van der Waals surface area contributed by atoms with Gasteiger partial charge in [0.2, 0.25) is 0 Å². The number of thioether (sulfide) groups is 1. The fourth-order valence-electron chi connectivity index (χ4n) is 2.79. The standard InChI is InChI=1S/C17H20FN3OS/c18-14-3-1-2-4-16(14)23-12-13-5-9-21(10-6-13)11-15-17(22)20-8-7-19-15/h1-4,7-8,13H,5-6,9-12H2,(H,20,22). The molecule has 0 spiro atoms. The van der Waals surface area contributed by atoms with Crippen LogP contribution in [0.4, 0.5) is 4.39 Å². The maximum Gasteiger partial charge on any atom is 0.270 e. The predicted octanol–water partition coefficient (Wildman–Crippen LogP) is 2.91. The molecule has 1 fully saturated rings. The zero-order valence-electron chi connectivity index (χ0n) is 12.9. The van der Waals surface area contributed by atoms with Crippen molar-refractivity contribution >= 4 is 11.8 Å². The molecule has 0 bridgehead atoms. The van der Waals surface area contributed by atoms with Crippen LogP contribution < -0.4 is 5.56 Å². The highest BCUT2D eigenvalue weighted by atomic mass is 32.2. The van der Waals surface area contributed by atoms with Crippen LogP contribution in [0.15, 0.2) is 46.3 Å². The van der Waals surface area contributed by atoms with Gasteiger partial charge in [-0.1, -0.05) is 12.1 Å². The normalized spacial score (nSPS) is 16.6. The fraction of sp³-hybridized carbons (Fsp3) is 0.412. The van der Waals surface area contributed by atoms with Crippen LogP contribution in [0.3, 0.4) is 0 Å². The van der Waals surface area contributed by atoms with E-state index in [1.807, 2.05) is 12.1 Å². The summed E-state index contributed by atoms with van der Waals surface area (Å²) < 4.78 is 13.6. The van der Waals surface area contributed by atoms with Gasteiger partial charge in [-0.15, -0.1) is 11.8 Å². The third kappa shape index (κ3) is 4.42. The van der Waals surface area contributed by atoms with Gasteiger partial charge in [0.25, 0.3) is 5.56 Å². The van der Waals surface area contributed by atoms with Gasteiger partial charge >= 0.3 is 0 Å². The Bertz CT molecular complexity index is 698. The highest BCUT2D eigenvalue weighted by molar-refractivity contribution is 7.99. The maximum absolute atomic E-state index is 13.6. The number of H-pyrrole nitrogens is 1. The van der Waals surface area contributed by atoms with E-state index >= 15 is 0 Å². The number of halogens is 1. The smallest absolute Gasteiger partial charge is 0.270 e. The molecular formula is C17H20FN3OS. The van der Waals surface area contributed by atoms with Crippen molar-refractivity contribution < 1.29 is 4.39 Å². The summed E-state index contributed by atoms with van der Waals surface area (Å²) in [7, 11) is 0. The lowest BCUT2D eigenvalue weighted by atomic mass is 9.99. The Kier molecular flexibility index (Phi) is 5.46. The van der Waals surface area contributed by atoms with Crippen molar-refractivity contribution in [2.75, 3.05) is 18.8 Å². The van der Waals surface area contributed by atoms with Crippen molar-refractivity contribution in [3.8, 4) is 0 Å². The second-order valence-corrected chi connectivity index (χ2v) is 6.89. The van der Waals surface area contributed by atoms with Gasteiger partial charge in [0.15, 0.2) is 0 Å². The number of hydrogen-bond donors (Lipinski definition) is 1. The molecule has 6 heteroatoms. The molecule has 1 saturated heterocycles. The minimum absolute atomic E-state index is 0.107. The minimum Gasteiger partial charge on any atom is -0.326 e. The summed E-state index contributed by atoms with van der Waals surface area (Å²) in [4.78, 5) is 21.5. The number of aromatic amines is 1. The summed E-state index contributed by atoms with van der Waals surface area (Å²) >= 11 is 1.60. The van der Waals surface area contributed by atoms with Gasteiger partial charge in [-0.2, -0.15) is 0 Å². The molecule has 1 aromatic carbocycles. The van der Waals surface area contributed by atoms with E-state index in [1.54, 1.807) is 30.2 Å². The number of aromatic nitrogens is 2. The number of rotatable bonds is 5. The summed E-state index contributed by atoms with van der Waals surface area (Å²) in [5.41, 5.74) is 0.469. The van der Waals surface area contributed by atoms with E-state index in [4.69, 9.17) is 0 Å². The molecule has 0 unspecified atom stereocenters. The van der Waals surface area contributed by atoms with Crippen LogP contribution in [0.2, 0.25) is 0 Å². The quantitative estimate of drug-likeness (QED) is 0.855. The second kappa shape index (κ2) is 7.75. The molecule has 3 rings (SSSR count). The van der Waals surface area contributed by atoms with E-state index < -0.39 is 0 Å². The van der Waals surface area contributed by atoms with Gasteiger partial charge in [-0.05, 0) is 44.0 Å². The third-order valence-corrected chi connectivity index (χ3v) is 5.45. The van der Waals surface area contributed by atoms with Crippen molar-refractivity contribution in [2.24, 2.45) is 5.92 Å². The number of hydrogen-bond acceptors (Lipinski definition) is 4. The first-order chi connectivity index (χ1) is 11.2. The lowest BCUT2D eigenvalue weighted by molar-refractivity contribution is 0.184. The molecule has 0 amide bonds. The monoisotopic (exact) mass is 333 g/mol. The molecule has 4 nitrogen and oxygen atoms in total. The molecule has 23 heavy (non-hydrogen) atoms. The zero-order chi connectivity index (χ0) is 16.1. The molecule has 1 N–H and O–H groups in total. The molecule has 0 atom stereocenters. The first-order valence-corrected chi connectivity index (χ1v) is 8.83. The molecular weight excluding hydrogens is 313 g/mol. The van der Waals surface area contributed by atoms with Gasteiger partial charge in [0, 0.05) is 29.6 Å². The number of benzene rings is 1. The van der Waals surface area contributed by atoms with Gasteiger partial charge in [0.1, 0.15) is 11.5 Å². The van der Waals surface area contributed by atoms with E-state index in [1.165, 1.54) is 6.07 Å². The fourth-order valence-corrected chi connectivity index (χ4v) is 3.92. The van der Waals surface area contributed by atoms with Gasteiger partial charge < -0.3 is 4.98 Å². The predicted molar refractivity (Wildman–Crippen MR) is 90.0 cm³/mol. The molecule has 1 aliphatic heterocycles. The van der Waals surface area contributed by atoms with E-state index in [9.17, 15) is 9.18 Å². The van der Waals surface area contributed by atoms with Crippen LogP contribution in [0.25, 0.3) is 0 Å². The second-order valence-electron chi connectivity index (χ2n) is 5.83. The molecule has 0 aliphatic carbocycles. The van der Waals surface area contributed by atoms with Gasteiger partial charge in [-0.3, -0.25) is 14.7 Å². The number of piperidine rings is 1. The Morgan fingerprint density at radius 1 is 1.30 bits per heavy atom. The van der Waals surface area contributed by atoms with Crippen LogP contribution in [-0.4, -0.2) is 33.7 Å². The van der Waals surface area contributed by atoms with Crippen LogP contribution in [0, 0.1) is 11.7 Å². The summed E-state index contributed by atoms with van der Waals surface area (Å²) in [6.45, 7) is 2.51. The Morgan fingerprint density at radius 2 is 2.09 bits per heavy atom. The van der Waals surface area contributed by atoms with E-state index in [0.29, 0.717) is 18.2 Å². The Labute approximate surface area is 139 Å². The van der Waals surface area contributed by atoms with Crippen molar-refractivity contribution in [3.05, 3.63) is 58.5 Å². The van der Waals surface area contributed by atoms with Crippen LogP contribution in [0.5, 0.6) is 0 Å². The van der Waals surface area contributed by atoms with Crippen molar-refractivity contribution in [1.82, 2.24) is 14.9 Å². The molecule has 0 saturated carbocycles. The molecule has 0 radical (unpaired) electrons. The first-order valence-electron chi connectivity index (χ1n) is 7.84. The zero-order valence-corrected chi connectivity index (χ0v) is 13.7. The lowest BCUT2D eigenvalue weighted by Crippen LogP contribution is -2.35. The Balaban J connectivity index is 1.46. The molecule has 1 aliphatic rings. The van der Waals surface area contributed by atoms with Crippen molar-refractivity contribution in [2.45, 2.75) is 24.3 Å². The highest BCUT2D eigenvalue weighted by Gasteiger charge is 2.20. The molecule has 2 aromatic rings. The Hall–Kier alpha value is -1.66. The van der Waals surface area contributed by atoms with Gasteiger partial charge in [-0.25, -0.2) is 4.39 Å². The summed E-state index contributed by atoms with van der Waals surface area (Å²) in [6.07, 6.45) is 5.32. The topological polar surface area (TPSA) is 49.0 Å².